The first kappa shape index (κ1) is 8.20. The van der Waals surface area contributed by atoms with Gasteiger partial charge >= 0.3 is 0 Å². The second-order valence-electron chi connectivity index (χ2n) is 2.87. The number of hydrogen-bond donors (Lipinski definition) is 2. The number of halogens is 1. The average Bonchev–Trinajstić information content (AvgIpc) is 2.12. The minimum Gasteiger partial charge on any atom is -0.505 e. The molecule has 3 heteroatoms. The molecule has 13 heavy (non-hydrogen) atoms. The number of nitrogens with two attached hydrogens (primary N) is 1. The van der Waals surface area contributed by atoms with Gasteiger partial charge in [0.1, 0.15) is 5.75 Å². The van der Waals surface area contributed by atoms with Crippen molar-refractivity contribution >= 4 is 28.1 Å². The molecule has 0 bridgehead atoms. The van der Waals surface area contributed by atoms with Gasteiger partial charge in [0.15, 0.2) is 0 Å². The van der Waals surface area contributed by atoms with Crippen molar-refractivity contribution in [3.05, 3.63) is 35.4 Å². The number of phenolic OH excluding ortho intramolecular Hbond substituents is 1. The van der Waals surface area contributed by atoms with Gasteiger partial charge in [0.05, 0.1) is 5.69 Å². The molecule has 0 spiro atoms. The summed E-state index contributed by atoms with van der Waals surface area (Å²) < 4.78 is 0. The van der Waals surface area contributed by atoms with E-state index in [1.807, 2.05) is 6.07 Å². The lowest BCUT2D eigenvalue weighted by Gasteiger charge is -2.03. The molecule has 0 aliphatic carbocycles. The maximum atomic E-state index is 9.58. The summed E-state index contributed by atoms with van der Waals surface area (Å²) in [6, 6.07) is 8.76. The normalized spacial score (nSPS) is 10.5. The van der Waals surface area contributed by atoms with Crippen molar-refractivity contribution in [2.45, 2.75) is 0 Å². The van der Waals surface area contributed by atoms with Gasteiger partial charge < -0.3 is 10.8 Å². The summed E-state index contributed by atoms with van der Waals surface area (Å²) in [5.74, 6) is 0.120. The molecule has 0 aliphatic heterocycles. The van der Waals surface area contributed by atoms with Crippen molar-refractivity contribution in [1.29, 1.82) is 0 Å². The number of anilines is 1. The molecule has 3 N–H and O–H groups in total. The first-order chi connectivity index (χ1) is 6.18. The summed E-state index contributed by atoms with van der Waals surface area (Å²) in [5.41, 5.74) is 5.93. The van der Waals surface area contributed by atoms with Crippen molar-refractivity contribution in [2.75, 3.05) is 5.73 Å². The lowest BCUT2D eigenvalue weighted by atomic mass is 10.1. The smallest absolute Gasteiger partial charge is 0.146 e. The van der Waals surface area contributed by atoms with Crippen molar-refractivity contribution in [1.82, 2.24) is 0 Å². The van der Waals surface area contributed by atoms with E-state index in [0.717, 1.165) is 10.8 Å². The third kappa shape index (κ3) is 1.29. The molecule has 0 amide bonds. The summed E-state index contributed by atoms with van der Waals surface area (Å²) in [6.45, 7) is 0. The number of benzene rings is 2. The van der Waals surface area contributed by atoms with E-state index in [-0.39, 0.29) is 5.75 Å². The highest BCUT2D eigenvalue weighted by molar-refractivity contribution is 6.31. The zero-order chi connectivity index (χ0) is 9.42. The van der Waals surface area contributed by atoms with Crippen LogP contribution in [0.4, 0.5) is 5.69 Å². The Morgan fingerprint density at radius 3 is 2.69 bits per heavy atom. The van der Waals surface area contributed by atoms with Gasteiger partial charge in [0.25, 0.3) is 0 Å². The first-order valence-corrected chi connectivity index (χ1v) is 4.23. The van der Waals surface area contributed by atoms with Gasteiger partial charge in [0, 0.05) is 10.4 Å². The number of rotatable bonds is 0. The fourth-order valence-electron chi connectivity index (χ4n) is 1.30. The van der Waals surface area contributed by atoms with Gasteiger partial charge in [-0.1, -0.05) is 17.7 Å². The van der Waals surface area contributed by atoms with Crippen LogP contribution in [0.25, 0.3) is 10.8 Å². The van der Waals surface area contributed by atoms with Crippen LogP contribution in [0, 0.1) is 0 Å². The first-order valence-electron chi connectivity index (χ1n) is 3.85. The summed E-state index contributed by atoms with van der Waals surface area (Å²) in [7, 11) is 0. The molecule has 2 nitrogen and oxygen atoms in total. The average molecular weight is 194 g/mol. The molecule has 0 heterocycles. The number of aromatic hydroxyl groups is 1. The minimum atomic E-state index is 0.120. The predicted molar refractivity (Wildman–Crippen MR) is 55.0 cm³/mol. The summed E-state index contributed by atoms with van der Waals surface area (Å²) >= 11 is 5.80. The second-order valence-corrected chi connectivity index (χ2v) is 3.31. The fourth-order valence-corrected chi connectivity index (χ4v) is 1.48. The molecule has 0 aliphatic rings. The number of fused-ring (bicyclic) bond motifs is 1. The molecule has 2 aromatic carbocycles. The van der Waals surface area contributed by atoms with Crippen LogP contribution < -0.4 is 5.73 Å². The van der Waals surface area contributed by atoms with Gasteiger partial charge in [-0.2, -0.15) is 0 Å². The second kappa shape index (κ2) is 2.82. The Labute approximate surface area is 80.6 Å². The van der Waals surface area contributed by atoms with Crippen LogP contribution in [0.1, 0.15) is 0 Å². The van der Waals surface area contributed by atoms with Crippen molar-refractivity contribution in [3.63, 3.8) is 0 Å². The van der Waals surface area contributed by atoms with Crippen molar-refractivity contribution in [3.8, 4) is 5.75 Å². The topological polar surface area (TPSA) is 46.2 Å². The fraction of sp³-hybridized carbons (Fsp3) is 0. The van der Waals surface area contributed by atoms with Gasteiger partial charge in [-0.15, -0.1) is 0 Å². The van der Waals surface area contributed by atoms with Crippen LogP contribution in [0.15, 0.2) is 30.3 Å². The van der Waals surface area contributed by atoms with Crippen LogP contribution in [0.2, 0.25) is 5.02 Å². The molecule has 0 radical (unpaired) electrons. The molecular weight excluding hydrogens is 186 g/mol. The minimum absolute atomic E-state index is 0.120. The number of nitrogen functional groups attached to an aromatic ring is 1. The molecule has 0 unspecified atom stereocenters. The van der Waals surface area contributed by atoms with Crippen molar-refractivity contribution < 1.29 is 5.11 Å². The monoisotopic (exact) mass is 193 g/mol. The Hall–Kier alpha value is -1.41. The van der Waals surface area contributed by atoms with Crippen LogP contribution in [0.3, 0.4) is 0 Å². The van der Waals surface area contributed by atoms with Crippen LogP contribution in [-0.2, 0) is 0 Å². The summed E-state index contributed by atoms with van der Waals surface area (Å²) in [6.07, 6.45) is 0. The Balaban J connectivity index is 2.87. The van der Waals surface area contributed by atoms with Gasteiger partial charge in [0.2, 0.25) is 0 Å². The lowest BCUT2D eigenvalue weighted by Crippen LogP contribution is -1.85. The van der Waals surface area contributed by atoms with Gasteiger partial charge in [-0.25, -0.2) is 0 Å². The quantitative estimate of drug-likeness (QED) is 0.499. The van der Waals surface area contributed by atoms with Crippen LogP contribution in [-0.4, -0.2) is 5.11 Å². The Bertz CT molecular complexity index is 468. The molecule has 66 valence electrons. The van der Waals surface area contributed by atoms with Gasteiger partial charge in [-0.05, 0) is 29.7 Å². The largest absolute Gasteiger partial charge is 0.505 e. The highest BCUT2D eigenvalue weighted by Gasteiger charge is 2.02. The molecule has 0 aromatic heterocycles. The number of phenols is 1. The van der Waals surface area contributed by atoms with E-state index >= 15 is 0 Å². The highest BCUT2D eigenvalue weighted by atomic mass is 35.5. The molecule has 0 saturated carbocycles. The summed E-state index contributed by atoms with van der Waals surface area (Å²) in [5, 5.41) is 11.8. The predicted octanol–water partition coefficient (Wildman–Crippen LogP) is 2.78. The van der Waals surface area contributed by atoms with E-state index in [4.69, 9.17) is 17.3 Å². The van der Waals surface area contributed by atoms with E-state index in [9.17, 15) is 5.11 Å². The maximum Gasteiger partial charge on any atom is 0.146 e. The van der Waals surface area contributed by atoms with E-state index in [1.54, 1.807) is 24.3 Å². The molecule has 2 aromatic rings. The Kier molecular flexibility index (Phi) is 1.78. The van der Waals surface area contributed by atoms with E-state index < -0.39 is 0 Å². The summed E-state index contributed by atoms with van der Waals surface area (Å²) in [4.78, 5) is 0. The third-order valence-corrected chi connectivity index (χ3v) is 2.22. The maximum absolute atomic E-state index is 9.58. The van der Waals surface area contributed by atoms with Crippen LogP contribution in [0.5, 0.6) is 5.75 Å². The molecule has 0 fully saturated rings. The number of hydrogen-bond acceptors (Lipinski definition) is 2. The standard InChI is InChI=1S/C10H8ClNO/c11-7-2-3-8-6(5-7)1-4-9(12)10(8)13/h1-5,13H,12H2. The molecule has 2 rings (SSSR count). The van der Waals surface area contributed by atoms with E-state index in [1.165, 1.54) is 0 Å². The third-order valence-electron chi connectivity index (χ3n) is 1.98. The van der Waals surface area contributed by atoms with E-state index in [0.29, 0.717) is 10.7 Å². The Morgan fingerprint density at radius 1 is 1.15 bits per heavy atom. The molecular formula is C10H8ClNO. The van der Waals surface area contributed by atoms with Gasteiger partial charge in [-0.3, -0.25) is 0 Å². The zero-order valence-electron chi connectivity index (χ0n) is 6.79. The van der Waals surface area contributed by atoms with E-state index in [2.05, 4.69) is 0 Å². The molecule has 0 atom stereocenters. The van der Waals surface area contributed by atoms with Crippen LogP contribution >= 0.6 is 11.6 Å². The molecule has 0 saturated heterocycles. The Morgan fingerprint density at radius 2 is 1.92 bits per heavy atom. The lowest BCUT2D eigenvalue weighted by molar-refractivity contribution is 0.484. The zero-order valence-corrected chi connectivity index (χ0v) is 7.55. The highest BCUT2D eigenvalue weighted by Crippen LogP contribution is 2.31. The van der Waals surface area contributed by atoms with Crippen molar-refractivity contribution in [2.24, 2.45) is 0 Å². The SMILES string of the molecule is Nc1ccc2cc(Cl)ccc2c1O.